The van der Waals surface area contributed by atoms with E-state index in [2.05, 4.69) is 20.4 Å². The summed E-state index contributed by atoms with van der Waals surface area (Å²) in [5.74, 6) is 0.417. The number of nitrogens with one attached hydrogen (secondary N) is 1. The Morgan fingerprint density at radius 2 is 2.22 bits per heavy atom. The third kappa shape index (κ3) is 3.80. The molecule has 0 radical (unpaired) electrons. The quantitative estimate of drug-likeness (QED) is 0.718. The van der Waals surface area contributed by atoms with Crippen LogP contribution in [0.15, 0.2) is 47.9 Å². The van der Waals surface area contributed by atoms with Gasteiger partial charge in [0.2, 0.25) is 11.1 Å². The molecular weight excluding hydrogens is 334 g/mol. The molecule has 2 heterocycles. The lowest BCUT2D eigenvalue weighted by molar-refractivity contribution is -0.120. The maximum absolute atomic E-state index is 12.2. The normalized spacial score (nSPS) is 12.3. The molecule has 0 aliphatic rings. The standard InChI is InChI=1S/C15H14ClN5OS/c1-10(13(22)18-9-11-5-2-3-6-12(11)16)23-15-19-14-17-7-4-8-21(14)20-15/h2-8,10H,9H2,1H3,(H,18,22)/t10-/m0/s1. The topological polar surface area (TPSA) is 72.2 Å². The zero-order valence-corrected chi connectivity index (χ0v) is 13.9. The number of nitrogens with zero attached hydrogens (tertiary/aromatic N) is 4. The lowest BCUT2D eigenvalue weighted by Gasteiger charge is -2.10. The second-order valence-corrected chi connectivity index (χ2v) is 6.54. The largest absolute Gasteiger partial charge is 0.351 e. The SMILES string of the molecule is C[C@H](Sc1nc2ncccn2n1)C(=O)NCc1ccccc1Cl. The summed E-state index contributed by atoms with van der Waals surface area (Å²) in [6.07, 6.45) is 3.42. The molecule has 0 unspecified atom stereocenters. The third-order valence-electron chi connectivity index (χ3n) is 3.16. The number of carbonyl (C=O) groups is 1. The van der Waals surface area contributed by atoms with Gasteiger partial charge in [-0.15, -0.1) is 5.10 Å². The number of rotatable bonds is 5. The van der Waals surface area contributed by atoms with E-state index in [1.165, 1.54) is 11.8 Å². The van der Waals surface area contributed by atoms with E-state index in [0.717, 1.165) is 5.56 Å². The van der Waals surface area contributed by atoms with Gasteiger partial charge in [0.05, 0.1) is 5.25 Å². The Kier molecular flexibility index (Phi) is 4.78. The molecule has 118 valence electrons. The van der Waals surface area contributed by atoms with Gasteiger partial charge < -0.3 is 5.32 Å². The summed E-state index contributed by atoms with van der Waals surface area (Å²) in [6, 6.07) is 9.20. The van der Waals surface area contributed by atoms with Crippen LogP contribution >= 0.6 is 23.4 Å². The second-order valence-electron chi connectivity index (χ2n) is 4.83. The molecule has 0 saturated heterocycles. The molecule has 1 amide bonds. The van der Waals surface area contributed by atoms with E-state index >= 15 is 0 Å². The summed E-state index contributed by atoms with van der Waals surface area (Å²) in [6.45, 7) is 2.20. The minimum atomic E-state index is -0.324. The summed E-state index contributed by atoms with van der Waals surface area (Å²) in [5, 5.41) is 7.98. The first-order valence-corrected chi connectivity index (χ1v) is 8.24. The summed E-state index contributed by atoms with van der Waals surface area (Å²) in [4.78, 5) is 20.6. The molecule has 0 saturated carbocycles. The smallest absolute Gasteiger partial charge is 0.253 e. The van der Waals surface area contributed by atoms with Crippen LogP contribution < -0.4 is 5.32 Å². The molecular formula is C15H14ClN5OS. The highest BCUT2D eigenvalue weighted by molar-refractivity contribution is 8.00. The van der Waals surface area contributed by atoms with E-state index in [1.54, 1.807) is 29.0 Å². The van der Waals surface area contributed by atoms with Crippen molar-refractivity contribution in [2.24, 2.45) is 0 Å². The van der Waals surface area contributed by atoms with Crippen LogP contribution in [0, 0.1) is 0 Å². The van der Waals surface area contributed by atoms with Crippen molar-refractivity contribution in [1.82, 2.24) is 24.9 Å². The van der Waals surface area contributed by atoms with E-state index in [4.69, 9.17) is 11.6 Å². The number of fused-ring (bicyclic) bond motifs is 1. The van der Waals surface area contributed by atoms with Gasteiger partial charge in [0.25, 0.3) is 5.78 Å². The predicted molar refractivity (Wildman–Crippen MR) is 89.4 cm³/mol. The lowest BCUT2D eigenvalue weighted by atomic mass is 10.2. The van der Waals surface area contributed by atoms with Crippen LogP contribution in [0.25, 0.3) is 5.78 Å². The number of halogens is 1. The van der Waals surface area contributed by atoms with Crippen LogP contribution in [0.3, 0.4) is 0 Å². The van der Waals surface area contributed by atoms with Crippen LogP contribution in [0.2, 0.25) is 5.02 Å². The number of aromatic nitrogens is 4. The minimum absolute atomic E-state index is 0.0956. The van der Waals surface area contributed by atoms with Crippen molar-refractivity contribution in [2.75, 3.05) is 0 Å². The van der Waals surface area contributed by atoms with Crippen molar-refractivity contribution in [2.45, 2.75) is 23.9 Å². The van der Waals surface area contributed by atoms with Gasteiger partial charge in [-0.1, -0.05) is 41.6 Å². The molecule has 1 atom stereocenters. The number of hydrogen-bond donors (Lipinski definition) is 1. The molecule has 0 bridgehead atoms. The zero-order chi connectivity index (χ0) is 16.2. The van der Waals surface area contributed by atoms with E-state index in [1.807, 2.05) is 25.1 Å². The van der Waals surface area contributed by atoms with Gasteiger partial charge in [-0.3, -0.25) is 4.79 Å². The fourth-order valence-electron chi connectivity index (χ4n) is 1.94. The average molecular weight is 348 g/mol. The number of carbonyl (C=O) groups excluding carboxylic acids is 1. The van der Waals surface area contributed by atoms with Crippen LogP contribution in [0.5, 0.6) is 0 Å². The van der Waals surface area contributed by atoms with Crippen molar-refractivity contribution in [3.05, 3.63) is 53.3 Å². The van der Waals surface area contributed by atoms with Gasteiger partial charge in [-0.05, 0) is 24.6 Å². The Bertz CT molecular complexity index is 804. The van der Waals surface area contributed by atoms with E-state index < -0.39 is 0 Å². The van der Waals surface area contributed by atoms with Crippen LogP contribution in [-0.4, -0.2) is 30.7 Å². The fraction of sp³-hybridized carbons (Fsp3) is 0.200. The Balaban J connectivity index is 1.60. The van der Waals surface area contributed by atoms with Gasteiger partial charge in [0.15, 0.2) is 0 Å². The average Bonchev–Trinajstić information content (AvgIpc) is 2.96. The number of amides is 1. The molecule has 0 aliphatic carbocycles. The molecule has 6 nitrogen and oxygen atoms in total. The van der Waals surface area contributed by atoms with Crippen LogP contribution in [0.4, 0.5) is 0 Å². The van der Waals surface area contributed by atoms with Gasteiger partial charge in [-0.25, -0.2) is 9.50 Å². The molecule has 23 heavy (non-hydrogen) atoms. The van der Waals surface area contributed by atoms with Crippen molar-refractivity contribution < 1.29 is 4.79 Å². The van der Waals surface area contributed by atoms with E-state index in [-0.39, 0.29) is 11.2 Å². The molecule has 3 aromatic rings. The van der Waals surface area contributed by atoms with Gasteiger partial charge in [0, 0.05) is 24.0 Å². The first-order valence-electron chi connectivity index (χ1n) is 6.98. The molecule has 8 heteroatoms. The second kappa shape index (κ2) is 6.97. The van der Waals surface area contributed by atoms with Crippen molar-refractivity contribution in [3.63, 3.8) is 0 Å². The van der Waals surface area contributed by atoms with Crippen LogP contribution in [0.1, 0.15) is 12.5 Å². The first-order chi connectivity index (χ1) is 11.1. The van der Waals surface area contributed by atoms with Crippen molar-refractivity contribution >= 4 is 35.0 Å². The molecule has 2 aromatic heterocycles. The van der Waals surface area contributed by atoms with Gasteiger partial charge >= 0.3 is 0 Å². The number of benzene rings is 1. The summed E-state index contributed by atoms with van der Waals surface area (Å²) >= 11 is 7.36. The monoisotopic (exact) mass is 347 g/mol. The van der Waals surface area contributed by atoms with E-state index in [0.29, 0.717) is 22.5 Å². The third-order valence-corrected chi connectivity index (χ3v) is 4.48. The van der Waals surface area contributed by atoms with Crippen molar-refractivity contribution in [1.29, 1.82) is 0 Å². The predicted octanol–water partition coefficient (Wildman–Crippen LogP) is 2.57. The maximum atomic E-state index is 12.2. The highest BCUT2D eigenvalue weighted by atomic mass is 35.5. The Morgan fingerprint density at radius 1 is 1.39 bits per heavy atom. The highest BCUT2D eigenvalue weighted by Crippen LogP contribution is 2.20. The molecule has 0 aliphatic heterocycles. The van der Waals surface area contributed by atoms with Crippen molar-refractivity contribution in [3.8, 4) is 0 Å². The molecule has 3 rings (SSSR count). The van der Waals surface area contributed by atoms with Gasteiger partial charge in [0.1, 0.15) is 0 Å². The van der Waals surface area contributed by atoms with Crippen LogP contribution in [-0.2, 0) is 11.3 Å². The Hall–Kier alpha value is -2.12. The Labute approximate surface area is 142 Å². The molecule has 1 N–H and O–H groups in total. The summed E-state index contributed by atoms with van der Waals surface area (Å²) in [7, 11) is 0. The molecule has 0 fully saturated rings. The minimum Gasteiger partial charge on any atom is -0.351 e. The number of hydrogen-bond acceptors (Lipinski definition) is 5. The number of thioether (sulfide) groups is 1. The maximum Gasteiger partial charge on any atom is 0.253 e. The first kappa shape index (κ1) is 15.8. The highest BCUT2D eigenvalue weighted by Gasteiger charge is 2.17. The Morgan fingerprint density at radius 3 is 3.00 bits per heavy atom. The van der Waals surface area contributed by atoms with E-state index in [9.17, 15) is 4.79 Å². The summed E-state index contributed by atoms with van der Waals surface area (Å²) < 4.78 is 1.58. The molecule has 1 aromatic carbocycles. The molecule has 0 spiro atoms. The lowest BCUT2D eigenvalue weighted by Crippen LogP contribution is -2.30. The zero-order valence-electron chi connectivity index (χ0n) is 12.3. The fourth-order valence-corrected chi connectivity index (χ4v) is 2.92. The van der Waals surface area contributed by atoms with Gasteiger partial charge in [-0.2, -0.15) is 4.98 Å². The summed E-state index contributed by atoms with van der Waals surface area (Å²) in [5.41, 5.74) is 0.884.